The lowest BCUT2D eigenvalue weighted by Crippen LogP contribution is -2.25. The third-order valence-electron chi connectivity index (χ3n) is 3.21. The van der Waals surface area contributed by atoms with Crippen LogP contribution in [0.3, 0.4) is 0 Å². The number of aldehydes is 1. The highest BCUT2D eigenvalue weighted by atomic mass is 16.5. The van der Waals surface area contributed by atoms with Gasteiger partial charge in [-0.25, -0.2) is 0 Å². The number of nitrogens with zero attached hydrogens (tertiary/aromatic N) is 1. The van der Waals surface area contributed by atoms with E-state index in [-0.39, 0.29) is 0 Å². The number of carbonyl (C=O) groups excluding carboxylic acids is 1. The first-order chi connectivity index (χ1) is 8.83. The van der Waals surface area contributed by atoms with Crippen LogP contribution in [-0.2, 0) is 0 Å². The molecule has 4 heteroatoms. The molecule has 1 aromatic carbocycles. The van der Waals surface area contributed by atoms with Crippen molar-refractivity contribution in [3.8, 4) is 11.5 Å². The molecule has 0 unspecified atom stereocenters. The fourth-order valence-corrected chi connectivity index (χ4v) is 2.15. The van der Waals surface area contributed by atoms with Crippen LogP contribution in [-0.4, -0.2) is 44.5 Å². The van der Waals surface area contributed by atoms with E-state index in [0.29, 0.717) is 23.7 Å². The van der Waals surface area contributed by atoms with Gasteiger partial charge < -0.3 is 9.47 Å². The maximum absolute atomic E-state index is 10.9. The Labute approximate surface area is 107 Å². The van der Waals surface area contributed by atoms with E-state index in [1.807, 2.05) is 0 Å². The fraction of sp³-hybridized carbons (Fsp3) is 0.500. The summed E-state index contributed by atoms with van der Waals surface area (Å²) in [5, 5.41) is 0. The molecule has 0 N–H and O–H groups in total. The highest BCUT2D eigenvalue weighted by molar-refractivity contribution is 5.79. The van der Waals surface area contributed by atoms with Crippen LogP contribution in [0.25, 0.3) is 0 Å². The van der Waals surface area contributed by atoms with Gasteiger partial charge in [0.05, 0.1) is 12.7 Å². The largest absolute Gasteiger partial charge is 0.497 e. The van der Waals surface area contributed by atoms with E-state index in [4.69, 9.17) is 9.47 Å². The minimum atomic E-state index is 0.567. The summed E-state index contributed by atoms with van der Waals surface area (Å²) in [5.74, 6) is 1.31. The van der Waals surface area contributed by atoms with Crippen molar-refractivity contribution < 1.29 is 14.3 Å². The number of hydrogen-bond acceptors (Lipinski definition) is 4. The number of ether oxygens (including phenoxy) is 2. The van der Waals surface area contributed by atoms with Crippen molar-refractivity contribution in [3.63, 3.8) is 0 Å². The second-order valence-electron chi connectivity index (χ2n) is 4.42. The van der Waals surface area contributed by atoms with Crippen molar-refractivity contribution in [2.24, 2.45) is 0 Å². The van der Waals surface area contributed by atoms with Crippen molar-refractivity contribution in [3.05, 3.63) is 23.8 Å². The van der Waals surface area contributed by atoms with Crippen molar-refractivity contribution in [1.29, 1.82) is 0 Å². The zero-order chi connectivity index (χ0) is 12.8. The van der Waals surface area contributed by atoms with E-state index < -0.39 is 0 Å². The highest BCUT2D eigenvalue weighted by Crippen LogP contribution is 2.23. The van der Waals surface area contributed by atoms with E-state index in [9.17, 15) is 4.79 Å². The lowest BCUT2D eigenvalue weighted by Gasteiger charge is -2.16. The van der Waals surface area contributed by atoms with Crippen molar-refractivity contribution in [2.45, 2.75) is 12.8 Å². The second-order valence-corrected chi connectivity index (χ2v) is 4.42. The zero-order valence-corrected chi connectivity index (χ0v) is 10.7. The summed E-state index contributed by atoms with van der Waals surface area (Å²) in [7, 11) is 1.60. The van der Waals surface area contributed by atoms with Gasteiger partial charge >= 0.3 is 0 Å². The minimum Gasteiger partial charge on any atom is -0.497 e. The first-order valence-corrected chi connectivity index (χ1v) is 6.32. The smallest absolute Gasteiger partial charge is 0.153 e. The maximum Gasteiger partial charge on any atom is 0.153 e. The van der Waals surface area contributed by atoms with E-state index >= 15 is 0 Å². The quantitative estimate of drug-likeness (QED) is 0.723. The van der Waals surface area contributed by atoms with E-state index in [1.54, 1.807) is 25.3 Å². The second kappa shape index (κ2) is 6.40. The Bertz CT molecular complexity index is 400. The monoisotopic (exact) mass is 249 g/mol. The number of likely N-dealkylation sites (tertiary alicyclic amines) is 1. The SMILES string of the molecule is COc1ccc(C=O)c(OCCN2CCCC2)c1. The molecule has 0 bridgehead atoms. The van der Waals surface area contributed by atoms with E-state index in [1.165, 1.54) is 12.8 Å². The molecular weight excluding hydrogens is 230 g/mol. The Morgan fingerprint density at radius 1 is 1.33 bits per heavy atom. The summed E-state index contributed by atoms with van der Waals surface area (Å²) in [6, 6.07) is 5.24. The first-order valence-electron chi connectivity index (χ1n) is 6.32. The van der Waals surface area contributed by atoms with Crippen LogP contribution >= 0.6 is 0 Å². The molecule has 0 saturated carbocycles. The normalized spacial score (nSPS) is 15.6. The van der Waals surface area contributed by atoms with Gasteiger partial charge in [0.15, 0.2) is 6.29 Å². The third-order valence-corrected chi connectivity index (χ3v) is 3.21. The van der Waals surface area contributed by atoms with Crippen molar-refractivity contribution in [1.82, 2.24) is 4.90 Å². The average molecular weight is 249 g/mol. The van der Waals surface area contributed by atoms with Gasteiger partial charge in [0.25, 0.3) is 0 Å². The number of hydrogen-bond donors (Lipinski definition) is 0. The summed E-state index contributed by atoms with van der Waals surface area (Å²) >= 11 is 0. The summed E-state index contributed by atoms with van der Waals surface area (Å²) in [6.45, 7) is 3.83. The summed E-state index contributed by atoms with van der Waals surface area (Å²) in [6.07, 6.45) is 3.36. The molecule has 0 radical (unpaired) electrons. The lowest BCUT2D eigenvalue weighted by molar-refractivity contribution is 0.111. The van der Waals surface area contributed by atoms with Gasteiger partial charge in [0.1, 0.15) is 18.1 Å². The van der Waals surface area contributed by atoms with Crippen LogP contribution in [0.1, 0.15) is 23.2 Å². The molecule has 0 aromatic heterocycles. The standard InChI is InChI=1S/C14H19NO3/c1-17-13-5-4-12(11-16)14(10-13)18-9-8-15-6-2-3-7-15/h4-5,10-11H,2-3,6-9H2,1H3. The summed E-state index contributed by atoms with van der Waals surface area (Å²) in [5.41, 5.74) is 0.567. The topological polar surface area (TPSA) is 38.8 Å². The molecule has 0 atom stereocenters. The van der Waals surface area contributed by atoms with E-state index in [0.717, 1.165) is 25.9 Å². The van der Waals surface area contributed by atoms with Crippen LogP contribution in [0.15, 0.2) is 18.2 Å². The van der Waals surface area contributed by atoms with Crippen LogP contribution in [0.2, 0.25) is 0 Å². The van der Waals surface area contributed by atoms with Gasteiger partial charge in [0.2, 0.25) is 0 Å². The van der Waals surface area contributed by atoms with Gasteiger partial charge in [-0.3, -0.25) is 9.69 Å². The van der Waals surface area contributed by atoms with Crippen molar-refractivity contribution >= 4 is 6.29 Å². The number of carbonyl (C=O) groups is 1. The van der Waals surface area contributed by atoms with Crippen LogP contribution in [0.4, 0.5) is 0 Å². The molecule has 1 aliphatic rings. The molecule has 2 rings (SSSR count). The molecule has 98 valence electrons. The van der Waals surface area contributed by atoms with Gasteiger partial charge in [-0.1, -0.05) is 0 Å². The third kappa shape index (κ3) is 3.23. The Morgan fingerprint density at radius 3 is 2.78 bits per heavy atom. The number of rotatable bonds is 6. The fourth-order valence-electron chi connectivity index (χ4n) is 2.15. The van der Waals surface area contributed by atoms with Crippen LogP contribution < -0.4 is 9.47 Å². The molecule has 1 aromatic rings. The predicted molar refractivity (Wildman–Crippen MR) is 69.6 cm³/mol. The van der Waals surface area contributed by atoms with Crippen LogP contribution in [0, 0.1) is 0 Å². The molecule has 1 fully saturated rings. The average Bonchev–Trinajstić information content (AvgIpc) is 2.92. The Hall–Kier alpha value is -1.55. The Morgan fingerprint density at radius 2 is 2.11 bits per heavy atom. The molecule has 4 nitrogen and oxygen atoms in total. The highest BCUT2D eigenvalue weighted by Gasteiger charge is 2.11. The van der Waals surface area contributed by atoms with Gasteiger partial charge in [-0.2, -0.15) is 0 Å². The molecular formula is C14H19NO3. The van der Waals surface area contributed by atoms with Gasteiger partial charge in [-0.15, -0.1) is 0 Å². The Kier molecular flexibility index (Phi) is 4.59. The van der Waals surface area contributed by atoms with Crippen molar-refractivity contribution in [2.75, 3.05) is 33.4 Å². The maximum atomic E-state index is 10.9. The molecule has 0 amide bonds. The first kappa shape index (κ1) is 12.9. The van der Waals surface area contributed by atoms with Crippen LogP contribution in [0.5, 0.6) is 11.5 Å². The van der Waals surface area contributed by atoms with E-state index in [2.05, 4.69) is 4.90 Å². The Balaban J connectivity index is 1.91. The molecule has 1 saturated heterocycles. The number of methoxy groups -OCH3 is 1. The molecule has 0 spiro atoms. The summed E-state index contributed by atoms with van der Waals surface area (Å²) in [4.78, 5) is 13.3. The molecule has 1 heterocycles. The van der Waals surface area contributed by atoms with Gasteiger partial charge in [0, 0.05) is 12.6 Å². The molecule has 18 heavy (non-hydrogen) atoms. The molecule has 0 aliphatic carbocycles. The summed E-state index contributed by atoms with van der Waals surface area (Å²) < 4.78 is 10.8. The van der Waals surface area contributed by atoms with Gasteiger partial charge in [-0.05, 0) is 38.1 Å². The lowest BCUT2D eigenvalue weighted by atomic mass is 10.2. The minimum absolute atomic E-state index is 0.567. The predicted octanol–water partition coefficient (Wildman–Crippen LogP) is 1.98. The number of benzene rings is 1. The molecule has 1 aliphatic heterocycles. The zero-order valence-electron chi connectivity index (χ0n) is 10.7.